The van der Waals surface area contributed by atoms with Crippen molar-refractivity contribution in [2.45, 2.75) is 13.5 Å². The van der Waals surface area contributed by atoms with E-state index in [0.717, 1.165) is 33.5 Å². The Morgan fingerprint density at radius 1 is 0.967 bits per heavy atom. The zero-order valence-electron chi connectivity index (χ0n) is 16.2. The Balaban J connectivity index is 1.49. The molecule has 0 aliphatic rings. The van der Waals surface area contributed by atoms with Crippen LogP contribution in [0.5, 0.6) is 11.5 Å². The van der Waals surface area contributed by atoms with Crippen molar-refractivity contribution in [2.24, 2.45) is 0 Å². The number of nitrogens with zero attached hydrogens (tertiary/aromatic N) is 2. The van der Waals surface area contributed by atoms with Crippen molar-refractivity contribution in [1.82, 2.24) is 14.5 Å². The minimum atomic E-state index is -0.218. The Kier molecular flexibility index (Phi) is 4.52. The van der Waals surface area contributed by atoms with Crippen molar-refractivity contribution in [2.75, 3.05) is 0 Å². The van der Waals surface area contributed by atoms with Crippen LogP contribution in [-0.2, 0) is 6.54 Å². The maximum absolute atomic E-state index is 12.7. The highest BCUT2D eigenvalue weighted by molar-refractivity contribution is 6.35. The highest BCUT2D eigenvalue weighted by Crippen LogP contribution is 2.28. The summed E-state index contributed by atoms with van der Waals surface area (Å²) in [7, 11) is 0. The van der Waals surface area contributed by atoms with Crippen LogP contribution in [0.1, 0.15) is 11.1 Å². The lowest BCUT2D eigenvalue weighted by Crippen LogP contribution is -2.17. The van der Waals surface area contributed by atoms with Crippen LogP contribution in [0.15, 0.2) is 77.6 Å². The number of hydrogen-bond acceptors (Lipinski definition) is 3. The number of fused-ring (bicyclic) bond motifs is 3. The van der Waals surface area contributed by atoms with Crippen LogP contribution in [0.2, 0.25) is 5.15 Å². The molecule has 2 aromatic heterocycles. The first-order valence-electron chi connectivity index (χ1n) is 9.59. The first kappa shape index (κ1) is 18.5. The fraction of sp³-hybridized carbons (Fsp3) is 0.0833. The maximum Gasteiger partial charge on any atom is 0.326 e. The molecule has 0 radical (unpaired) electrons. The van der Waals surface area contributed by atoms with Crippen molar-refractivity contribution >= 4 is 33.5 Å². The van der Waals surface area contributed by atoms with Gasteiger partial charge in [-0.1, -0.05) is 59.6 Å². The van der Waals surface area contributed by atoms with Gasteiger partial charge in [0.15, 0.2) is 5.15 Å². The van der Waals surface area contributed by atoms with E-state index in [-0.39, 0.29) is 5.69 Å². The van der Waals surface area contributed by atoms with Gasteiger partial charge in [0.2, 0.25) is 0 Å². The van der Waals surface area contributed by atoms with Crippen molar-refractivity contribution in [3.8, 4) is 11.5 Å². The predicted molar refractivity (Wildman–Crippen MR) is 120 cm³/mol. The van der Waals surface area contributed by atoms with Crippen LogP contribution in [0.25, 0.3) is 21.9 Å². The Labute approximate surface area is 177 Å². The smallest absolute Gasteiger partial charge is 0.326 e. The van der Waals surface area contributed by atoms with Crippen molar-refractivity contribution in [3.05, 3.63) is 99.6 Å². The molecule has 0 spiro atoms. The summed E-state index contributed by atoms with van der Waals surface area (Å²) in [6.45, 7) is 2.45. The molecule has 0 aliphatic carbocycles. The normalized spacial score (nSPS) is 11.3. The van der Waals surface area contributed by atoms with E-state index < -0.39 is 0 Å². The number of H-pyrrole nitrogens is 1. The van der Waals surface area contributed by atoms with Crippen LogP contribution in [0.3, 0.4) is 0 Å². The summed E-state index contributed by atoms with van der Waals surface area (Å²) >= 11 is 6.32. The zero-order valence-corrected chi connectivity index (χ0v) is 17.0. The fourth-order valence-electron chi connectivity index (χ4n) is 3.57. The van der Waals surface area contributed by atoms with Crippen molar-refractivity contribution < 1.29 is 4.74 Å². The van der Waals surface area contributed by atoms with Crippen LogP contribution >= 0.6 is 11.6 Å². The van der Waals surface area contributed by atoms with Gasteiger partial charge in [0.05, 0.1) is 17.6 Å². The topological polar surface area (TPSA) is 59.9 Å². The minimum absolute atomic E-state index is 0.218. The molecule has 0 aliphatic heterocycles. The number of halogens is 1. The standard InChI is InChI=1S/C24H18ClN3O2/c1-15-6-10-17(11-7-15)30-18-12-8-16(9-13-18)14-28-22-19-4-2-3-5-20(19)26-23(25)21(22)27-24(28)29/h2-13H,14H2,1H3,(H,27,29). The summed E-state index contributed by atoms with van der Waals surface area (Å²) in [5.41, 5.74) is 4.01. The molecule has 0 atom stereocenters. The number of aryl methyl sites for hydroxylation is 1. The number of para-hydroxylation sites is 1. The van der Waals surface area contributed by atoms with Gasteiger partial charge in [-0.2, -0.15) is 0 Å². The molecule has 0 saturated heterocycles. The third-order valence-electron chi connectivity index (χ3n) is 5.09. The average Bonchev–Trinajstić information content (AvgIpc) is 3.08. The molecule has 1 N–H and O–H groups in total. The lowest BCUT2D eigenvalue weighted by atomic mass is 10.1. The molecule has 6 heteroatoms. The second-order valence-electron chi connectivity index (χ2n) is 7.22. The molecule has 0 bridgehead atoms. The second-order valence-corrected chi connectivity index (χ2v) is 7.58. The van der Waals surface area contributed by atoms with E-state index >= 15 is 0 Å². The summed E-state index contributed by atoms with van der Waals surface area (Å²) in [5.74, 6) is 1.53. The number of aromatic amines is 1. The van der Waals surface area contributed by atoms with Crippen molar-refractivity contribution in [3.63, 3.8) is 0 Å². The van der Waals surface area contributed by atoms with E-state index in [0.29, 0.717) is 17.2 Å². The summed E-state index contributed by atoms with van der Waals surface area (Å²) < 4.78 is 7.59. The largest absolute Gasteiger partial charge is 0.457 e. The Bertz CT molecular complexity index is 1420. The Morgan fingerprint density at radius 2 is 1.63 bits per heavy atom. The fourth-order valence-corrected chi connectivity index (χ4v) is 3.80. The first-order valence-corrected chi connectivity index (χ1v) is 9.96. The van der Waals surface area contributed by atoms with Gasteiger partial charge >= 0.3 is 5.69 Å². The van der Waals surface area contributed by atoms with E-state index in [1.165, 1.54) is 5.56 Å². The van der Waals surface area contributed by atoms with Gasteiger partial charge in [-0.05, 0) is 42.8 Å². The third kappa shape index (κ3) is 3.33. The molecular formula is C24H18ClN3O2. The van der Waals surface area contributed by atoms with Gasteiger partial charge in [0.1, 0.15) is 17.0 Å². The number of rotatable bonds is 4. The van der Waals surface area contributed by atoms with Gasteiger partial charge < -0.3 is 9.72 Å². The second kappa shape index (κ2) is 7.35. The van der Waals surface area contributed by atoms with Gasteiger partial charge in [0.25, 0.3) is 0 Å². The number of ether oxygens (including phenoxy) is 1. The average molecular weight is 416 g/mol. The molecule has 0 amide bonds. The van der Waals surface area contributed by atoms with E-state index in [1.54, 1.807) is 4.57 Å². The molecule has 5 rings (SSSR count). The van der Waals surface area contributed by atoms with E-state index in [9.17, 15) is 4.79 Å². The summed E-state index contributed by atoms with van der Waals surface area (Å²) in [6, 6.07) is 23.3. The molecule has 0 saturated carbocycles. The van der Waals surface area contributed by atoms with Gasteiger partial charge in [-0.25, -0.2) is 9.78 Å². The number of pyridine rings is 1. The molecule has 5 aromatic rings. The lowest BCUT2D eigenvalue weighted by Gasteiger charge is -2.09. The van der Waals surface area contributed by atoms with Crippen LogP contribution in [0.4, 0.5) is 0 Å². The van der Waals surface area contributed by atoms with Crippen LogP contribution in [0, 0.1) is 6.92 Å². The third-order valence-corrected chi connectivity index (χ3v) is 5.36. The molecular weight excluding hydrogens is 398 g/mol. The van der Waals surface area contributed by atoms with Crippen LogP contribution in [-0.4, -0.2) is 14.5 Å². The highest BCUT2D eigenvalue weighted by atomic mass is 35.5. The van der Waals surface area contributed by atoms with E-state index in [4.69, 9.17) is 16.3 Å². The van der Waals surface area contributed by atoms with Crippen molar-refractivity contribution in [1.29, 1.82) is 0 Å². The first-order chi connectivity index (χ1) is 14.6. The summed E-state index contributed by atoms with van der Waals surface area (Å²) in [6.07, 6.45) is 0. The molecule has 0 fully saturated rings. The molecule has 148 valence electrons. The number of aromatic nitrogens is 3. The molecule has 3 aromatic carbocycles. The molecule has 2 heterocycles. The SMILES string of the molecule is Cc1ccc(Oc2ccc(Cn3c(=O)[nH]c4c(Cl)nc5ccccc5c43)cc2)cc1. The number of benzene rings is 3. The van der Waals surface area contributed by atoms with E-state index in [2.05, 4.69) is 9.97 Å². The monoisotopic (exact) mass is 415 g/mol. The molecule has 30 heavy (non-hydrogen) atoms. The lowest BCUT2D eigenvalue weighted by molar-refractivity contribution is 0.482. The Morgan fingerprint density at radius 3 is 2.37 bits per heavy atom. The molecule has 5 nitrogen and oxygen atoms in total. The highest BCUT2D eigenvalue weighted by Gasteiger charge is 2.15. The minimum Gasteiger partial charge on any atom is -0.457 e. The molecule has 0 unspecified atom stereocenters. The Hall–Kier alpha value is -3.57. The quantitative estimate of drug-likeness (QED) is 0.384. The number of hydrogen-bond donors (Lipinski definition) is 1. The van der Waals surface area contributed by atoms with Gasteiger partial charge in [-0.3, -0.25) is 4.57 Å². The number of imidazole rings is 1. The zero-order chi connectivity index (χ0) is 20.7. The number of nitrogens with one attached hydrogen (secondary N) is 1. The summed E-state index contributed by atoms with van der Waals surface area (Å²) in [4.78, 5) is 19.9. The van der Waals surface area contributed by atoms with Gasteiger partial charge in [-0.15, -0.1) is 0 Å². The predicted octanol–water partition coefficient (Wildman–Crippen LogP) is 5.68. The van der Waals surface area contributed by atoms with E-state index in [1.807, 2.05) is 79.7 Å². The van der Waals surface area contributed by atoms with Gasteiger partial charge in [0, 0.05) is 5.39 Å². The van der Waals surface area contributed by atoms with Crippen LogP contribution < -0.4 is 10.4 Å². The maximum atomic E-state index is 12.7. The summed E-state index contributed by atoms with van der Waals surface area (Å²) in [5, 5.41) is 1.18.